The second-order valence-electron chi connectivity index (χ2n) is 6.62. The molecule has 0 saturated carbocycles. The van der Waals surface area contributed by atoms with Crippen LogP contribution in [-0.2, 0) is 25.5 Å². The maximum atomic E-state index is 12.2. The number of Topliss-reactive ketones (excluding diaryl/α,β-unsaturated/α-hetero) is 1. The van der Waals surface area contributed by atoms with Crippen molar-refractivity contribution in [2.45, 2.75) is 51.0 Å². The Hall–Kier alpha value is -2.56. The van der Waals surface area contributed by atoms with E-state index in [-0.39, 0.29) is 23.5 Å². The van der Waals surface area contributed by atoms with Gasteiger partial charge >= 0.3 is 25.2 Å². The zero-order valence-electron chi connectivity index (χ0n) is 15.7. The first-order chi connectivity index (χ1) is 13.6. The highest BCUT2D eigenvalue weighted by molar-refractivity contribution is 6.47. The molecule has 0 spiro atoms. The minimum absolute atomic E-state index is 0.000151. The lowest BCUT2D eigenvalue weighted by Crippen LogP contribution is -2.36. The molecular formula is C18H20BF3O7. The van der Waals surface area contributed by atoms with E-state index in [0.717, 1.165) is 0 Å². The van der Waals surface area contributed by atoms with Crippen LogP contribution in [0.25, 0.3) is 0 Å². The first-order valence-corrected chi connectivity index (χ1v) is 8.98. The van der Waals surface area contributed by atoms with E-state index in [0.29, 0.717) is 24.8 Å². The molecule has 1 N–H and O–H groups in total. The van der Waals surface area contributed by atoms with Crippen molar-refractivity contribution in [3.63, 3.8) is 0 Å². The van der Waals surface area contributed by atoms with Crippen molar-refractivity contribution in [3.05, 3.63) is 29.3 Å². The normalized spacial score (nSPS) is 15.9. The van der Waals surface area contributed by atoms with E-state index in [1.807, 2.05) is 6.92 Å². The summed E-state index contributed by atoms with van der Waals surface area (Å²) in [5, 5.41) is 10.2. The summed E-state index contributed by atoms with van der Waals surface area (Å²) < 4.78 is 50.5. The molecule has 1 aromatic rings. The fourth-order valence-electron chi connectivity index (χ4n) is 2.93. The molecule has 0 saturated heterocycles. The zero-order valence-corrected chi connectivity index (χ0v) is 15.7. The summed E-state index contributed by atoms with van der Waals surface area (Å²) in [6, 6.07) is 4.55. The monoisotopic (exact) mass is 416 g/mol. The number of rotatable bonds is 8. The Morgan fingerprint density at radius 3 is 2.66 bits per heavy atom. The van der Waals surface area contributed by atoms with Gasteiger partial charge in [-0.2, -0.15) is 13.2 Å². The number of alkyl halides is 3. The molecule has 1 aliphatic heterocycles. The van der Waals surface area contributed by atoms with Gasteiger partial charge in [0, 0.05) is 18.7 Å². The van der Waals surface area contributed by atoms with E-state index in [2.05, 4.69) is 9.47 Å². The van der Waals surface area contributed by atoms with Crippen molar-refractivity contribution in [1.82, 2.24) is 0 Å². The van der Waals surface area contributed by atoms with Crippen LogP contribution in [0.4, 0.5) is 13.2 Å². The lowest BCUT2D eigenvalue weighted by atomic mass is 9.64. The highest BCUT2D eigenvalue weighted by Gasteiger charge is 2.38. The molecule has 0 radical (unpaired) electrons. The van der Waals surface area contributed by atoms with E-state index >= 15 is 0 Å². The van der Waals surface area contributed by atoms with Crippen molar-refractivity contribution >= 4 is 24.8 Å². The molecule has 0 bridgehead atoms. The average Bonchev–Trinajstić information content (AvgIpc) is 2.60. The summed E-state index contributed by atoms with van der Waals surface area (Å²) in [6.45, 7) is 0.882. The molecule has 1 aliphatic rings. The van der Waals surface area contributed by atoms with Gasteiger partial charge in [0.2, 0.25) is 6.79 Å². The maximum absolute atomic E-state index is 12.2. The SMILES string of the molecule is CCCC(=O)C[C@H]1Cc2cccc(C(=O)OCOC(=O)CC(F)(F)F)c2OB1O. The van der Waals surface area contributed by atoms with Gasteiger partial charge in [0.1, 0.15) is 23.5 Å². The van der Waals surface area contributed by atoms with Gasteiger partial charge in [-0.3, -0.25) is 9.59 Å². The largest absolute Gasteiger partial charge is 0.535 e. The molecule has 0 amide bonds. The standard InChI is InChI=1S/C18H20BF3O7/c1-2-4-13(23)8-12-7-11-5-3-6-14(16(11)29-19(12)26)17(25)28-10-27-15(24)9-18(20,21)22/h3,5-6,12,26H,2,4,7-10H2,1H3/t12-/m1/s1. The predicted octanol–water partition coefficient (Wildman–Crippen LogP) is 2.84. The van der Waals surface area contributed by atoms with Gasteiger partial charge in [-0.25, -0.2) is 4.79 Å². The van der Waals surface area contributed by atoms with Crippen molar-refractivity contribution in [3.8, 4) is 5.75 Å². The Kier molecular flexibility index (Phi) is 7.66. The lowest BCUT2D eigenvalue weighted by Gasteiger charge is -2.28. The number of fused-ring (bicyclic) bond motifs is 1. The molecular weight excluding hydrogens is 396 g/mol. The first kappa shape index (κ1) is 22.7. The second kappa shape index (κ2) is 9.77. The van der Waals surface area contributed by atoms with Crippen molar-refractivity contribution in [2.24, 2.45) is 0 Å². The minimum atomic E-state index is -4.72. The van der Waals surface area contributed by atoms with Crippen LogP contribution in [0.3, 0.4) is 0 Å². The van der Waals surface area contributed by atoms with Gasteiger partial charge in [0.05, 0.1) is 0 Å². The molecule has 7 nitrogen and oxygen atoms in total. The number of hydrogen-bond donors (Lipinski definition) is 1. The molecule has 1 atom stereocenters. The highest BCUT2D eigenvalue weighted by Crippen LogP contribution is 2.36. The summed E-state index contributed by atoms with van der Waals surface area (Å²) in [7, 11) is -1.30. The Labute approximate surface area is 165 Å². The van der Waals surface area contributed by atoms with Gasteiger partial charge in [0.25, 0.3) is 0 Å². The zero-order chi connectivity index (χ0) is 21.6. The smallest absolute Gasteiger partial charge is 0.526 e. The van der Waals surface area contributed by atoms with Crippen LogP contribution in [-0.4, -0.2) is 42.8 Å². The summed E-state index contributed by atoms with van der Waals surface area (Å²) in [4.78, 5) is 35.0. The van der Waals surface area contributed by atoms with Crippen LogP contribution in [0.15, 0.2) is 18.2 Å². The van der Waals surface area contributed by atoms with E-state index < -0.39 is 44.3 Å². The third kappa shape index (κ3) is 6.77. The molecule has 0 unspecified atom stereocenters. The average molecular weight is 416 g/mol. The molecule has 0 aliphatic carbocycles. The van der Waals surface area contributed by atoms with E-state index in [1.165, 1.54) is 12.1 Å². The number of carbonyl (C=O) groups excluding carboxylic acids is 3. The van der Waals surface area contributed by atoms with E-state index in [9.17, 15) is 32.6 Å². The Morgan fingerprint density at radius 1 is 1.28 bits per heavy atom. The Bertz CT molecular complexity index is 766. The summed E-state index contributed by atoms with van der Waals surface area (Å²) in [5.41, 5.74) is 0.500. The minimum Gasteiger partial charge on any atom is -0.535 e. The van der Waals surface area contributed by atoms with Crippen LogP contribution in [0.2, 0.25) is 5.82 Å². The molecule has 1 heterocycles. The van der Waals surface area contributed by atoms with Gasteiger partial charge in [-0.1, -0.05) is 19.1 Å². The topological polar surface area (TPSA) is 99.1 Å². The third-order valence-corrected chi connectivity index (χ3v) is 4.21. The van der Waals surface area contributed by atoms with Crippen molar-refractivity contribution < 1.29 is 46.7 Å². The van der Waals surface area contributed by atoms with Crippen LogP contribution >= 0.6 is 0 Å². The second-order valence-corrected chi connectivity index (χ2v) is 6.62. The number of esters is 2. The number of ether oxygens (including phenoxy) is 2. The van der Waals surface area contributed by atoms with Crippen molar-refractivity contribution in [2.75, 3.05) is 6.79 Å². The molecule has 2 rings (SSSR count). The number of carbonyl (C=O) groups is 3. The number of para-hydroxylation sites is 1. The number of halogens is 3. The fraction of sp³-hybridized carbons (Fsp3) is 0.500. The molecule has 29 heavy (non-hydrogen) atoms. The van der Waals surface area contributed by atoms with Gasteiger partial charge in [-0.05, 0) is 24.5 Å². The molecule has 11 heteroatoms. The van der Waals surface area contributed by atoms with Gasteiger partial charge < -0.3 is 19.2 Å². The summed E-state index contributed by atoms with van der Waals surface area (Å²) in [5.74, 6) is -2.97. The number of ketones is 1. The molecule has 0 fully saturated rings. The number of hydrogen-bond acceptors (Lipinski definition) is 7. The first-order valence-electron chi connectivity index (χ1n) is 8.98. The predicted molar refractivity (Wildman–Crippen MR) is 94.1 cm³/mol. The van der Waals surface area contributed by atoms with E-state index in [1.54, 1.807) is 6.07 Å². The van der Waals surface area contributed by atoms with Crippen LogP contribution in [0.5, 0.6) is 5.75 Å². The van der Waals surface area contributed by atoms with Crippen LogP contribution in [0.1, 0.15) is 48.5 Å². The van der Waals surface area contributed by atoms with E-state index in [4.69, 9.17) is 4.65 Å². The van der Waals surface area contributed by atoms with Crippen molar-refractivity contribution in [1.29, 1.82) is 0 Å². The summed E-state index contributed by atoms with van der Waals surface area (Å²) >= 11 is 0. The van der Waals surface area contributed by atoms with Gasteiger partial charge in [0.15, 0.2) is 0 Å². The molecule has 1 aromatic carbocycles. The maximum Gasteiger partial charge on any atom is 0.526 e. The Balaban J connectivity index is 1.99. The Morgan fingerprint density at radius 2 is 2.00 bits per heavy atom. The van der Waals surface area contributed by atoms with Gasteiger partial charge in [-0.15, -0.1) is 0 Å². The quantitative estimate of drug-likeness (QED) is 0.395. The highest BCUT2D eigenvalue weighted by atomic mass is 19.4. The molecule has 0 aromatic heterocycles. The molecule has 158 valence electrons. The lowest BCUT2D eigenvalue weighted by molar-refractivity contribution is -0.177. The summed E-state index contributed by atoms with van der Waals surface area (Å²) in [6.07, 6.45) is -4.98. The number of benzene rings is 1. The third-order valence-electron chi connectivity index (χ3n) is 4.21. The van der Waals surface area contributed by atoms with Crippen LogP contribution < -0.4 is 4.65 Å². The fourth-order valence-corrected chi connectivity index (χ4v) is 2.93. The van der Waals surface area contributed by atoms with Crippen LogP contribution in [0, 0.1) is 0 Å².